The molecular weight excluding hydrogens is 406 g/mol. The van der Waals surface area contributed by atoms with Crippen molar-refractivity contribution in [3.8, 4) is 0 Å². The van der Waals surface area contributed by atoms with Crippen molar-refractivity contribution in [2.24, 2.45) is 0 Å². The molecule has 6 heteroatoms. The maximum Gasteiger partial charge on any atom is 0.265 e. The van der Waals surface area contributed by atoms with Crippen LogP contribution in [0, 0.1) is 0 Å². The lowest BCUT2D eigenvalue weighted by Gasteiger charge is -2.37. The van der Waals surface area contributed by atoms with Gasteiger partial charge in [0.25, 0.3) is 11.8 Å². The molecular formula is C25H29N3O2S. The number of anilines is 1. The van der Waals surface area contributed by atoms with Gasteiger partial charge in [-0.05, 0) is 86.6 Å². The quantitative estimate of drug-likeness (QED) is 0.305. The SMILES string of the molecule is CCN1C(=O)C(=C/C=C/C=C/c2cc3c4c(c2)CCCN4CCC3)C(=O)N(CC)C1=S. The topological polar surface area (TPSA) is 43.9 Å². The van der Waals surface area contributed by atoms with E-state index in [9.17, 15) is 9.59 Å². The van der Waals surface area contributed by atoms with E-state index in [1.165, 1.54) is 58.1 Å². The summed E-state index contributed by atoms with van der Waals surface area (Å²) in [4.78, 5) is 30.7. The average molecular weight is 436 g/mol. The molecule has 1 fully saturated rings. The summed E-state index contributed by atoms with van der Waals surface area (Å²) < 4.78 is 0. The summed E-state index contributed by atoms with van der Waals surface area (Å²) in [5, 5.41) is 0.288. The smallest absolute Gasteiger partial charge is 0.265 e. The number of nitrogens with zero attached hydrogens (tertiary/aromatic N) is 3. The zero-order valence-electron chi connectivity index (χ0n) is 18.3. The number of carbonyl (C=O) groups is 2. The summed E-state index contributed by atoms with van der Waals surface area (Å²) in [6.45, 7) is 6.96. The van der Waals surface area contributed by atoms with E-state index in [4.69, 9.17) is 12.2 Å². The number of rotatable bonds is 5. The Labute approximate surface area is 189 Å². The normalized spacial score (nSPS) is 19.1. The Morgan fingerprint density at radius 1 is 0.903 bits per heavy atom. The van der Waals surface area contributed by atoms with Crippen LogP contribution < -0.4 is 4.90 Å². The maximum absolute atomic E-state index is 12.6. The average Bonchev–Trinajstić information content (AvgIpc) is 2.76. The molecule has 5 nitrogen and oxygen atoms in total. The molecule has 1 aromatic carbocycles. The molecule has 0 aromatic heterocycles. The highest BCUT2D eigenvalue weighted by molar-refractivity contribution is 7.80. The highest BCUT2D eigenvalue weighted by atomic mass is 32.1. The van der Waals surface area contributed by atoms with Crippen LogP contribution in [-0.2, 0) is 22.4 Å². The van der Waals surface area contributed by atoms with Crippen LogP contribution in [-0.4, -0.2) is 52.9 Å². The van der Waals surface area contributed by atoms with Gasteiger partial charge in [-0.25, -0.2) is 0 Å². The van der Waals surface area contributed by atoms with E-state index < -0.39 is 0 Å². The van der Waals surface area contributed by atoms with E-state index >= 15 is 0 Å². The summed E-state index contributed by atoms with van der Waals surface area (Å²) >= 11 is 5.29. The molecule has 0 N–H and O–H groups in total. The molecule has 1 aromatic rings. The van der Waals surface area contributed by atoms with E-state index in [0.717, 1.165) is 12.8 Å². The maximum atomic E-state index is 12.6. The molecule has 0 aliphatic carbocycles. The first kappa shape index (κ1) is 21.5. The van der Waals surface area contributed by atoms with Crippen molar-refractivity contribution < 1.29 is 9.59 Å². The second-order valence-electron chi connectivity index (χ2n) is 8.09. The molecule has 4 rings (SSSR count). The predicted octanol–water partition coefficient (Wildman–Crippen LogP) is 3.88. The summed E-state index contributed by atoms with van der Waals surface area (Å²) in [5.74, 6) is -0.650. The van der Waals surface area contributed by atoms with Gasteiger partial charge in [0.05, 0.1) is 0 Å². The van der Waals surface area contributed by atoms with E-state index in [-0.39, 0.29) is 22.5 Å². The number of allylic oxidation sites excluding steroid dienone is 4. The predicted molar refractivity (Wildman–Crippen MR) is 129 cm³/mol. The van der Waals surface area contributed by atoms with Crippen molar-refractivity contribution in [3.63, 3.8) is 0 Å². The molecule has 3 aliphatic heterocycles. The molecule has 0 radical (unpaired) electrons. The van der Waals surface area contributed by atoms with Gasteiger partial charge in [-0.15, -0.1) is 0 Å². The van der Waals surface area contributed by atoms with Crippen LogP contribution >= 0.6 is 12.2 Å². The largest absolute Gasteiger partial charge is 0.371 e. The molecule has 2 amide bonds. The molecule has 162 valence electrons. The Morgan fingerprint density at radius 3 is 2.03 bits per heavy atom. The van der Waals surface area contributed by atoms with Gasteiger partial charge in [-0.1, -0.05) is 24.3 Å². The third-order valence-electron chi connectivity index (χ3n) is 6.17. The number of aryl methyl sites for hydroxylation is 2. The van der Waals surface area contributed by atoms with Crippen molar-refractivity contribution in [1.82, 2.24) is 9.80 Å². The number of carbonyl (C=O) groups excluding carboxylic acids is 2. The van der Waals surface area contributed by atoms with Gasteiger partial charge in [0.15, 0.2) is 5.11 Å². The van der Waals surface area contributed by atoms with Crippen molar-refractivity contribution in [1.29, 1.82) is 0 Å². The van der Waals surface area contributed by atoms with E-state index in [2.05, 4.69) is 23.1 Å². The lowest BCUT2D eigenvalue weighted by Crippen LogP contribution is -2.55. The number of hydrogen-bond donors (Lipinski definition) is 0. The Kier molecular flexibility index (Phi) is 6.37. The number of hydrogen-bond acceptors (Lipinski definition) is 4. The minimum absolute atomic E-state index is 0.153. The van der Waals surface area contributed by atoms with Gasteiger partial charge in [-0.2, -0.15) is 0 Å². The summed E-state index contributed by atoms with van der Waals surface area (Å²) in [6.07, 6.45) is 14.0. The van der Waals surface area contributed by atoms with Crippen LogP contribution in [0.4, 0.5) is 5.69 Å². The zero-order chi connectivity index (χ0) is 22.0. The molecule has 0 atom stereocenters. The standard InChI is InChI=1S/C25H29N3O2S/c1-3-27-23(29)21(24(30)28(4-2)25(27)31)13-7-5-6-10-18-16-19-11-8-14-26-15-9-12-20(17-18)22(19)26/h5-7,10,13,16-17H,3-4,8-9,11-12,14-15H2,1-2H3/b7-5+,10-6+. The van der Waals surface area contributed by atoms with Crippen LogP contribution in [0.3, 0.4) is 0 Å². The van der Waals surface area contributed by atoms with Gasteiger partial charge in [0.1, 0.15) is 5.57 Å². The molecule has 31 heavy (non-hydrogen) atoms. The Bertz CT molecular complexity index is 949. The Hall–Kier alpha value is -2.73. The lowest BCUT2D eigenvalue weighted by atomic mass is 9.90. The first-order chi connectivity index (χ1) is 15.0. The second kappa shape index (κ2) is 9.18. The molecule has 1 saturated heterocycles. The fraction of sp³-hybridized carbons (Fsp3) is 0.400. The van der Waals surface area contributed by atoms with Gasteiger partial charge in [-0.3, -0.25) is 19.4 Å². The molecule has 0 unspecified atom stereocenters. The molecule has 3 heterocycles. The summed E-state index contributed by atoms with van der Waals surface area (Å²) in [7, 11) is 0. The fourth-order valence-electron chi connectivity index (χ4n) is 4.71. The number of benzene rings is 1. The minimum Gasteiger partial charge on any atom is -0.371 e. The number of thiocarbonyl (C=S) groups is 1. The third kappa shape index (κ3) is 4.09. The van der Waals surface area contributed by atoms with Crippen LogP contribution in [0.15, 0.2) is 42.0 Å². The molecule has 0 bridgehead atoms. The van der Waals surface area contributed by atoms with Crippen molar-refractivity contribution in [2.75, 3.05) is 31.1 Å². The van der Waals surface area contributed by atoms with Crippen molar-refractivity contribution >= 4 is 40.9 Å². The monoisotopic (exact) mass is 435 g/mol. The summed E-state index contributed by atoms with van der Waals surface area (Å²) in [6, 6.07) is 4.60. The van der Waals surface area contributed by atoms with Gasteiger partial charge >= 0.3 is 0 Å². The third-order valence-corrected chi connectivity index (χ3v) is 6.61. The molecule has 3 aliphatic rings. The number of amides is 2. The highest BCUT2D eigenvalue weighted by Gasteiger charge is 2.37. The van der Waals surface area contributed by atoms with Gasteiger partial charge in [0, 0.05) is 31.9 Å². The second-order valence-corrected chi connectivity index (χ2v) is 8.45. The van der Waals surface area contributed by atoms with Crippen LogP contribution in [0.5, 0.6) is 0 Å². The fourth-order valence-corrected chi connectivity index (χ4v) is 5.14. The molecule has 0 spiro atoms. The summed E-state index contributed by atoms with van der Waals surface area (Å²) in [5.41, 5.74) is 5.76. The van der Waals surface area contributed by atoms with Gasteiger partial charge < -0.3 is 4.90 Å². The zero-order valence-corrected chi connectivity index (χ0v) is 19.1. The first-order valence-electron chi connectivity index (χ1n) is 11.2. The minimum atomic E-state index is -0.325. The molecule has 0 saturated carbocycles. The number of likely N-dealkylation sites (N-methyl/N-ethyl adjacent to an activating group) is 2. The van der Waals surface area contributed by atoms with E-state index in [1.54, 1.807) is 12.2 Å². The Morgan fingerprint density at radius 2 is 1.48 bits per heavy atom. The first-order valence-corrected chi connectivity index (χ1v) is 11.6. The van der Waals surface area contributed by atoms with Crippen molar-refractivity contribution in [3.05, 3.63) is 58.7 Å². The highest BCUT2D eigenvalue weighted by Crippen LogP contribution is 2.36. The van der Waals surface area contributed by atoms with Crippen molar-refractivity contribution in [2.45, 2.75) is 39.5 Å². The van der Waals surface area contributed by atoms with Crippen LogP contribution in [0.1, 0.15) is 43.4 Å². The lowest BCUT2D eigenvalue weighted by molar-refractivity contribution is -0.133. The van der Waals surface area contributed by atoms with E-state index in [0.29, 0.717) is 13.1 Å². The van der Waals surface area contributed by atoms with E-state index in [1.807, 2.05) is 26.0 Å². The van der Waals surface area contributed by atoms with Crippen LogP contribution in [0.2, 0.25) is 0 Å². The van der Waals surface area contributed by atoms with Crippen LogP contribution in [0.25, 0.3) is 6.08 Å². The van der Waals surface area contributed by atoms with Gasteiger partial charge in [0.2, 0.25) is 0 Å². The Balaban J connectivity index is 1.51.